The first kappa shape index (κ1) is 9.43. The molecule has 2 aromatic rings. The molecule has 0 saturated carbocycles. The predicted octanol–water partition coefficient (Wildman–Crippen LogP) is 3.55. The molecule has 3 rings (SSSR count). The van der Waals surface area contributed by atoms with Crippen LogP contribution in [-0.2, 0) is 0 Å². The maximum absolute atomic E-state index is 5.94. The summed E-state index contributed by atoms with van der Waals surface area (Å²) in [4.78, 5) is 6.98. The molecular formula is C11H11ClN2S. The van der Waals surface area contributed by atoms with Gasteiger partial charge in [-0.15, -0.1) is 0 Å². The third-order valence-electron chi connectivity index (χ3n) is 2.71. The second-order valence-electron chi connectivity index (χ2n) is 3.80. The van der Waals surface area contributed by atoms with E-state index in [1.807, 2.05) is 12.1 Å². The van der Waals surface area contributed by atoms with Gasteiger partial charge in [-0.25, -0.2) is 4.98 Å². The SMILES string of the molecule is Clc1ccc2sc(N3CCCC3)nc2c1. The van der Waals surface area contributed by atoms with Gasteiger partial charge in [-0.1, -0.05) is 22.9 Å². The highest BCUT2D eigenvalue weighted by Crippen LogP contribution is 2.31. The Morgan fingerprint density at radius 1 is 1.27 bits per heavy atom. The molecule has 1 fully saturated rings. The zero-order valence-electron chi connectivity index (χ0n) is 8.24. The minimum absolute atomic E-state index is 0.765. The average molecular weight is 239 g/mol. The monoisotopic (exact) mass is 238 g/mol. The molecule has 1 aliphatic heterocycles. The van der Waals surface area contributed by atoms with Gasteiger partial charge in [0.1, 0.15) is 0 Å². The van der Waals surface area contributed by atoms with Gasteiger partial charge in [0.25, 0.3) is 0 Å². The summed E-state index contributed by atoms with van der Waals surface area (Å²) in [7, 11) is 0. The smallest absolute Gasteiger partial charge is 0.186 e. The van der Waals surface area contributed by atoms with Gasteiger partial charge in [0.05, 0.1) is 10.2 Å². The lowest BCUT2D eigenvalue weighted by Crippen LogP contribution is -2.16. The van der Waals surface area contributed by atoms with Crippen LogP contribution in [0.4, 0.5) is 5.13 Å². The Labute approximate surface area is 97.5 Å². The van der Waals surface area contributed by atoms with Crippen LogP contribution in [-0.4, -0.2) is 18.1 Å². The summed E-state index contributed by atoms with van der Waals surface area (Å²) < 4.78 is 1.22. The first-order chi connectivity index (χ1) is 7.33. The van der Waals surface area contributed by atoms with Crippen LogP contribution in [0, 0.1) is 0 Å². The first-order valence-corrected chi connectivity index (χ1v) is 6.33. The molecule has 0 amide bonds. The van der Waals surface area contributed by atoms with Crippen LogP contribution in [0.2, 0.25) is 5.02 Å². The van der Waals surface area contributed by atoms with Crippen molar-refractivity contribution in [3.8, 4) is 0 Å². The summed E-state index contributed by atoms with van der Waals surface area (Å²) in [5.74, 6) is 0. The summed E-state index contributed by atoms with van der Waals surface area (Å²) in [5.41, 5.74) is 1.02. The molecule has 0 aliphatic carbocycles. The van der Waals surface area contributed by atoms with E-state index in [-0.39, 0.29) is 0 Å². The number of hydrogen-bond donors (Lipinski definition) is 0. The third-order valence-corrected chi connectivity index (χ3v) is 4.05. The lowest BCUT2D eigenvalue weighted by molar-refractivity contribution is 0.949. The number of aromatic nitrogens is 1. The highest BCUT2D eigenvalue weighted by molar-refractivity contribution is 7.22. The summed E-state index contributed by atoms with van der Waals surface area (Å²) in [6.45, 7) is 2.29. The molecule has 2 heterocycles. The van der Waals surface area contributed by atoms with Crippen molar-refractivity contribution in [3.63, 3.8) is 0 Å². The number of halogens is 1. The van der Waals surface area contributed by atoms with E-state index < -0.39 is 0 Å². The van der Waals surface area contributed by atoms with Crippen LogP contribution in [0.3, 0.4) is 0 Å². The summed E-state index contributed by atoms with van der Waals surface area (Å²) >= 11 is 7.70. The molecule has 0 unspecified atom stereocenters. The van der Waals surface area contributed by atoms with E-state index in [1.165, 1.54) is 17.5 Å². The molecule has 1 aromatic heterocycles. The van der Waals surface area contributed by atoms with E-state index in [0.29, 0.717) is 0 Å². The van der Waals surface area contributed by atoms with E-state index >= 15 is 0 Å². The molecule has 15 heavy (non-hydrogen) atoms. The molecule has 0 N–H and O–H groups in total. The Hall–Kier alpha value is -0.800. The van der Waals surface area contributed by atoms with E-state index in [4.69, 9.17) is 11.6 Å². The Bertz CT molecular complexity index is 488. The molecular weight excluding hydrogens is 228 g/mol. The zero-order valence-corrected chi connectivity index (χ0v) is 9.81. The van der Waals surface area contributed by atoms with E-state index in [2.05, 4.69) is 16.0 Å². The maximum Gasteiger partial charge on any atom is 0.186 e. The minimum atomic E-state index is 0.765. The minimum Gasteiger partial charge on any atom is -0.348 e. The number of rotatable bonds is 1. The van der Waals surface area contributed by atoms with Crippen LogP contribution in [0.15, 0.2) is 18.2 Å². The van der Waals surface area contributed by atoms with Gasteiger partial charge >= 0.3 is 0 Å². The topological polar surface area (TPSA) is 16.1 Å². The van der Waals surface area contributed by atoms with Gasteiger partial charge < -0.3 is 4.90 Å². The predicted molar refractivity (Wildman–Crippen MR) is 66.1 cm³/mol. The Morgan fingerprint density at radius 3 is 2.87 bits per heavy atom. The summed E-state index contributed by atoms with van der Waals surface area (Å²) in [6, 6.07) is 5.91. The lowest BCUT2D eigenvalue weighted by Gasteiger charge is -2.11. The van der Waals surface area contributed by atoms with E-state index in [1.54, 1.807) is 11.3 Å². The molecule has 4 heteroatoms. The van der Waals surface area contributed by atoms with Crippen molar-refractivity contribution in [1.82, 2.24) is 4.98 Å². The number of fused-ring (bicyclic) bond motifs is 1. The molecule has 78 valence electrons. The molecule has 1 aromatic carbocycles. The van der Waals surface area contributed by atoms with Crippen LogP contribution in [0.25, 0.3) is 10.2 Å². The molecule has 1 aliphatic rings. The van der Waals surface area contributed by atoms with Crippen LogP contribution < -0.4 is 4.90 Å². The number of nitrogens with zero attached hydrogens (tertiary/aromatic N) is 2. The van der Waals surface area contributed by atoms with E-state index in [0.717, 1.165) is 28.8 Å². The Balaban J connectivity index is 2.05. The molecule has 0 atom stereocenters. The molecule has 1 saturated heterocycles. The molecule has 0 spiro atoms. The summed E-state index contributed by atoms with van der Waals surface area (Å²) in [5, 5.41) is 1.91. The van der Waals surface area contributed by atoms with Gasteiger partial charge in [-0.3, -0.25) is 0 Å². The maximum atomic E-state index is 5.94. The molecule has 2 nitrogen and oxygen atoms in total. The molecule has 0 bridgehead atoms. The number of hydrogen-bond acceptors (Lipinski definition) is 3. The second-order valence-corrected chi connectivity index (χ2v) is 5.25. The average Bonchev–Trinajstić information content (AvgIpc) is 2.84. The molecule has 0 radical (unpaired) electrons. The fourth-order valence-electron chi connectivity index (χ4n) is 1.93. The van der Waals surface area contributed by atoms with Crippen LogP contribution in [0.1, 0.15) is 12.8 Å². The van der Waals surface area contributed by atoms with Crippen LogP contribution in [0.5, 0.6) is 0 Å². The van der Waals surface area contributed by atoms with Gasteiger partial charge in [0.2, 0.25) is 0 Å². The van der Waals surface area contributed by atoms with Crippen molar-refractivity contribution >= 4 is 38.3 Å². The summed E-state index contributed by atoms with van der Waals surface area (Å²) in [6.07, 6.45) is 2.58. The highest BCUT2D eigenvalue weighted by atomic mass is 35.5. The van der Waals surface area contributed by atoms with Gasteiger partial charge in [0.15, 0.2) is 5.13 Å². The quantitative estimate of drug-likeness (QED) is 0.755. The van der Waals surface area contributed by atoms with Crippen molar-refractivity contribution in [3.05, 3.63) is 23.2 Å². The highest BCUT2D eigenvalue weighted by Gasteiger charge is 2.16. The standard InChI is InChI=1S/C11H11ClN2S/c12-8-3-4-10-9(7-8)13-11(15-10)14-5-1-2-6-14/h3-4,7H,1-2,5-6H2. The fraction of sp³-hybridized carbons (Fsp3) is 0.364. The number of benzene rings is 1. The van der Waals surface area contributed by atoms with Crippen molar-refractivity contribution in [2.75, 3.05) is 18.0 Å². The Morgan fingerprint density at radius 2 is 2.07 bits per heavy atom. The van der Waals surface area contributed by atoms with E-state index in [9.17, 15) is 0 Å². The van der Waals surface area contributed by atoms with Crippen molar-refractivity contribution in [1.29, 1.82) is 0 Å². The second kappa shape index (κ2) is 3.65. The first-order valence-electron chi connectivity index (χ1n) is 5.14. The normalized spacial score (nSPS) is 16.5. The number of anilines is 1. The van der Waals surface area contributed by atoms with Crippen LogP contribution >= 0.6 is 22.9 Å². The van der Waals surface area contributed by atoms with Gasteiger partial charge in [-0.05, 0) is 31.0 Å². The third kappa shape index (κ3) is 1.70. The van der Waals surface area contributed by atoms with Crippen molar-refractivity contribution in [2.45, 2.75) is 12.8 Å². The largest absolute Gasteiger partial charge is 0.348 e. The van der Waals surface area contributed by atoms with Gasteiger partial charge in [0, 0.05) is 18.1 Å². The van der Waals surface area contributed by atoms with Gasteiger partial charge in [-0.2, -0.15) is 0 Å². The zero-order chi connectivity index (χ0) is 10.3. The lowest BCUT2D eigenvalue weighted by atomic mass is 10.3. The Kier molecular flexibility index (Phi) is 2.29. The number of thiazole rings is 1. The van der Waals surface area contributed by atoms with Crippen molar-refractivity contribution in [2.24, 2.45) is 0 Å². The van der Waals surface area contributed by atoms with Crippen molar-refractivity contribution < 1.29 is 0 Å². The fourth-order valence-corrected chi connectivity index (χ4v) is 3.10.